The number of piperidine rings is 1. The summed E-state index contributed by atoms with van der Waals surface area (Å²) >= 11 is 0. The van der Waals surface area contributed by atoms with Gasteiger partial charge in [0.25, 0.3) is 0 Å². The van der Waals surface area contributed by atoms with Crippen LogP contribution in [0.25, 0.3) is 0 Å². The second-order valence-electron chi connectivity index (χ2n) is 6.52. The molecule has 1 heteroatoms. The average Bonchev–Trinajstić information content (AvgIpc) is 2.48. The Morgan fingerprint density at radius 1 is 1.10 bits per heavy atom. The largest absolute Gasteiger partial charge is 0.311 e. The fourth-order valence-electron chi connectivity index (χ4n) is 4.16. The van der Waals surface area contributed by atoms with Crippen molar-refractivity contribution in [3.8, 4) is 0 Å². The maximum atomic E-state index is 3.96. The summed E-state index contributed by atoms with van der Waals surface area (Å²) in [5, 5.41) is 3.96. The van der Waals surface area contributed by atoms with Gasteiger partial charge in [0.1, 0.15) is 0 Å². The molecule has 112 valence electrons. The molecule has 0 aromatic carbocycles. The molecule has 2 aliphatic rings. The Balaban J connectivity index is 1.82. The molecule has 2 fully saturated rings. The number of nitrogens with one attached hydrogen (secondary N) is 1. The normalized spacial score (nSPS) is 33.8. The van der Waals surface area contributed by atoms with Crippen molar-refractivity contribution >= 4 is 0 Å². The van der Waals surface area contributed by atoms with Gasteiger partial charge >= 0.3 is 0 Å². The lowest BCUT2D eigenvalue weighted by atomic mass is 9.69. The Morgan fingerprint density at radius 3 is 2.80 bits per heavy atom. The maximum absolute atomic E-state index is 3.96. The molecular formula is C19H31N. The minimum absolute atomic E-state index is 0.763. The highest BCUT2D eigenvalue weighted by molar-refractivity contribution is 5.00. The molecule has 1 saturated heterocycles. The predicted molar refractivity (Wildman–Crippen MR) is 88.8 cm³/mol. The third kappa shape index (κ3) is 4.34. The summed E-state index contributed by atoms with van der Waals surface area (Å²) in [6.45, 7) is 7.58. The Kier molecular flexibility index (Phi) is 6.59. The molecule has 0 amide bonds. The average molecular weight is 273 g/mol. The third-order valence-corrected chi connectivity index (χ3v) is 5.18. The Labute approximate surface area is 125 Å². The highest BCUT2D eigenvalue weighted by atomic mass is 15.0. The summed E-state index contributed by atoms with van der Waals surface area (Å²) < 4.78 is 0. The van der Waals surface area contributed by atoms with Gasteiger partial charge in [-0.2, -0.15) is 0 Å². The van der Waals surface area contributed by atoms with Gasteiger partial charge in [0, 0.05) is 12.1 Å². The number of hydrogen-bond donors (Lipinski definition) is 1. The molecule has 0 bridgehead atoms. The lowest BCUT2D eigenvalue weighted by Crippen LogP contribution is -2.51. The minimum atomic E-state index is 0.763. The summed E-state index contributed by atoms with van der Waals surface area (Å²) in [6.07, 6.45) is 20.4. The van der Waals surface area contributed by atoms with E-state index in [9.17, 15) is 0 Å². The SMILES string of the molecule is C=CC=CC[C@@H]1CCC[C@H]2N[C@@H](CCCC=C)CC[C@@H]12. The molecule has 1 nitrogen and oxygen atoms in total. The van der Waals surface area contributed by atoms with Crippen molar-refractivity contribution < 1.29 is 0 Å². The molecule has 4 atom stereocenters. The molecule has 1 aliphatic heterocycles. The van der Waals surface area contributed by atoms with Crippen LogP contribution in [0.3, 0.4) is 0 Å². The highest BCUT2D eigenvalue weighted by Crippen LogP contribution is 2.39. The van der Waals surface area contributed by atoms with E-state index in [-0.39, 0.29) is 0 Å². The van der Waals surface area contributed by atoms with E-state index in [1.54, 1.807) is 0 Å². The van der Waals surface area contributed by atoms with E-state index < -0.39 is 0 Å². The van der Waals surface area contributed by atoms with Crippen LogP contribution >= 0.6 is 0 Å². The van der Waals surface area contributed by atoms with E-state index >= 15 is 0 Å². The lowest BCUT2D eigenvalue weighted by molar-refractivity contribution is 0.113. The quantitative estimate of drug-likeness (QED) is 0.390. The second-order valence-corrected chi connectivity index (χ2v) is 6.52. The first kappa shape index (κ1) is 15.6. The zero-order valence-electron chi connectivity index (χ0n) is 12.9. The molecular weight excluding hydrogens is 242 g/mol. The van der Waals surface area contributed by atoms with Gasteiger partial charge < -0.3 is 5.32 Å². The Bertz CT molecular complexity index is 331. The van der Waals surface area contributed by atoms with Crippen molar-refractivity contribution in [2.45, 2.75) is 69.9 Å². The molecule has 1 aliphatic carbocycles. The summed E-state index contributed by atoms with van der Waals surface area (Å²) in [5.41, 5.74) is 0. The molecule has 0 radical (unpaired) electrons. The molecule has 2 rings (SSSR count). The van der Waals surface area contributed by atoms with E-state index in [1.165, 1.54) is 57.8 Å². The van der Waals surface area contributed by atoms with Crippen LogP contribution in [0.1, 0.15) is 57.8 Å². The van der Waals surface area contributed by atoms with E-state index in [0.717, 1.165) is 23.9 Å². The zero-order chi connectivity index (χ0) is 14.2. The predicted octanol–water partition coefficient (Wildman–Crippen LogP) is 5.01. The molecule has 0 spiro atoms. The monoisotopic (exact) mass is 273 g/mol. The number of allylic oxidation sites excluding steroid dienone is 4. The number of fused-ring (bicyclic) bond motifs is 1. The smallest absolute Gasteiger partial charge is 0.0101 e. The minimum Gasteiger partial charge on any atom is -0.311 e. The Morgan fingerprint density at radius 2 is 2.00 bits per heavy atom. The van der Waals surface area contributed by atoms with Crippen LogP contribution in [0.2, 0.25) is 0 Å². The standard InChI is InChI=1S/C19H31N/c1-3-5-7-10-16-11-9-13-19-18(16)15-14-17(20-19)12-8-6-4-2/h3-5,7,16-20H,1-2,6,8-15H2/t16-,17+,18+,19-/m1/s1. The molecule has 0 aromatic rings. The summed E-state index contributed by atoms with van der Waals surface area (Å²) in [5.74, 6) is 1.81. The van der Waals surface area contributed by atoms with E-state index in [2.05, 4.69) is 30.6 Å². The first-order valence-corrected chi connectivity index (χ1v) is 8.49. The molecule has 0 unspecified atom stereocenters. The van der Waals surface area contributed by atoms with Gasteiger partial charge in [-0.05, 0) is 63.2 Å². The van der Waals surface area contributed by atoms with Crippen LogP contribution in [-0.2, 0) is 0 Å². The van der Waals surface area contributed by atoms with Crippen LogP contribution < -0.4 is 5.32 Å². The van der Waals surface area contributed by atoms with Crippen molar-refractivity contribution in [3.05, 3.63) is 37.5 Å². The fourth-order valence-corrected chi connectivity index (χ4v) is 4.16. The van der Waals surface area contributed by atoms with Gasteiger partial charge in [0.2, 0.25) is 0 Å². The molecule has 20 heavy (non-hydrogen) atoms. The van der Waals surface area contributed by atoms with Crippen molar-refractivity contribution in [1.82, 2.24) is 5.32 Å². The van der Waals surface area contributed by atoms with Gasteiger partial charge in [0.05, 0.1) is 0 Å². The first-order valence-electron chi connectivity index (χ1n) is 8.49. The number of rotatable bonds is 7. The lowest BCUT2D eigenvalue weighted by Gasteiger charge is -2.45. The van der Waals surface area contributed by atoms with E-state index in [0.29, 0.717) is 0 Å². The van der Waals surface area contributed by atoms with Crippen molar-refractivity contribution in [3.63, 3.8) is 0 Å². The first-order chi connectivity index (χ1) is 9.85. The molecule has 1 saturated carbocycles. The van der Waals surface area contributed by atoms with Crippen LogP contribution in [0.5, 0.6) is 0 Å². The van der Waals surface area contributed by atoms with Crippen molar-refractivity contribution in [2.75, 3.05) is 0 Å². The molecule has 0 aromatic heterocycles. The highest BCUT2D eigenvalue weighted by Gasteiger charge is 2.36. The fraction of sp³-hybridized carbons (Fsp3) is 0.684. The van der Waals surface area contributed by atoms with E-state index in [4.69, 9.17) is 0 Å². The van der Waals surface area contributed by atoms with Gasteiger partial charge in [-0.25, -0.2) is 0 Å². The summed E-state index contributed by atoms with van der Waals surface area (Å²) in [6, 6.07) is 1.55. The molecule has 1 N–H and O–H groups in total. The van der Waals surface area contributed by atoms with Gasteiger partial charge in [0.15, 0.2) is 0 Å². The summed E-state index contributed by atoms with van der Waals surface area (Å²) in [7, 11) is 0. The van der Waals surface area contributed by atoms with Crippen LogP contribution in [-0.4, -0.2) is 12.1 Å². The second kappa shape index (κ2) is 8.46. The maximum Gasteiger partial charge on any atom is 0.0101 e. The van der Waals surface area contributed by atoms with E-state index in [1.807, 2.05) is 12.2 Å². The topological polar surface area (TPSA) is 12.0 Å². The number of unbranched alkanes of at least 4 members (excludes halogenated alkanes) is 1. The van der Waals surface area contributed by atoms with Crippen LogP contribution in [0, 0.1) is 11.8 Å². The van der Waals surface area contributed by atoms with Crippen molar-refractivity contribution in [2.24, 2.45) is 11.8 Å². The zero-order valence-corrected chi connectivity index (χ0v) is 12.9. The van der Waals surface area contributed by atoms with Gasteiger partial charge in [-0.3, -0.25) is 0 Å². The van der Waals surface area contributed by atoms with Crippen molar-refractivity contribution in [1.29, 1.82) is 0 Å². The molecule has 1 heterocycles. The number of hydrogen-bond acceptors (Lipinski definition) is 1. The third-order valence-electron chi connectivity index (χ3n) is 5.18. The van der Waals surface area contributed by atoms with Gasteiger partial charge in [-0.15, -0.1) is 6.58 Å². The summed E-state index contributed by atoms with van der Waals surface area (Å²) in [4.78, 5) is 0. The van der Waals surface area contributed by atoms with Gasteiger partial charge in [-0.1, -0.05) is 37.3 Å². The van der Waals surface area contributed by atoms with Crippen LogP contribution in [0.15, 0.2) is 37.5 Å². The van der Waals surface area contributed by atoms with Crippen LogP contribution in [0.4, 0.5) is 0 Å². The Hall–Kier alpha value is -0.820.